The van der Waals surface area contributed by atoms with Crippen LogP contribution >= 0.6 is 11.8 Å². The summed E-state index contributed by atoms with van der Waals surface area (Å²) in [5, 5.41) is 10.6. The van der Waals surface area contributed by atoms with Gasteiger partial charge in [-0.2, -0.15) is 0 Å². The Morgan fingerprint density at radius 2 is 2.05 bits per heavy atom. The van der Waals surface area contributed by atoms with Crippen molar-refractivity contribution in [3.05, 3.63) is 46.4 Å². The highest BCUT2D eigenvalue weighted by Crippen LogP contribution is 2.23. The third-order valence-corrected chi connectivity index (χ3v) is 4.16. The summed E-state index contributed by atoms with van der Waals surface area (Å²) in [6.07, 6.45) is 0. The zero-order valence-corrected chi connectivity index (χ0v) is 12.8. The Labute approximate surface area is 122 Å². The van der Waals surface area contributed by atoms with Crippen LogP contribution in [0.4, 0.5) is 0 Å². The van der Waals surface area contributed by atoms with Gasteiger partial charge in [-0.05, 0) is 26.5 Å². The molecule has 0 aliphatic heterocycles. The highest BCUT2D eigenvalue weighted by molar-refractivity contribution is 7.99. The molecule has 5 nitrogen and oxygen atoms in total. The van der Waals surface area contributed by atoms with Crippen molar-refractivity contribution in [3.63, 3.8) is 0 Å². The number of hydrogen-bond donors (Lipinski definition) is 2. The lowest BCUT2D eigenvalue weighted by atomic mass is 10.1. The molecule has 0 aliphatic rings. The number of H-pyrrole nitrogens is 1. The number of nitrogens with zero attached hydrogens (tertiary/aromatic N) is 2. The van der Waals surface area contributed by atoms with E-state index in [1.807, 2.05) is 39.1 Å². The van der Waals surface area contributed by atoms with Crippen LogP contribution in [0, 0.1) is 0 Å². The second kappa shape index (κ2) is 6.76. The van der Waals surface area contributed by atoms with Gasteiger partial charge in [-0.1, -0.05) is 42.1 Å². The topological polar surface area (TPSA) is 62.7 Å². The predicted molar refractivity (Wildman–Crippen MR) is 82.2 cm³/mol. The minimum Gasteiger partial charge on any atom is -0.312 e. The molecule has 0 aliphatic carbocycles. The lowest BCUT2D eigenvalue weighted by Gasteiger charge is -2.16. The molecule has 0 saturated heterocycles. The van der Waals surface area contributed by atoms with Crippen molar-refractivity contribution in [2.75, 3.05) is 12.8 Å². The summed E-state index contributed by atoms with van der Waals surface area (Å²) in [5.41, 5.74) is 1.08. The Hall–Kier alpha value is -1.53. The summed E-state index contributed by atoms with van der Waals surface area (Å²) in [6, 6.07) is 10.6. The molecule has 1 unspecified atom stereocenters. The minimum atomic E-state index is -0.150. The fourth-order valence-electron chi connectivity index (χ4n) is 2.04. The molecule has 1 aromatic carbocycles. The van der Waals surface area contributed by atoms with Crippen LogP contribution in [0.3, 0.4) is 0 Å². The summed E-state index contributed by atoms with van der Waals surface area (Å²) in [4.78, 5) is 11.7. The monoisotopic (exact) mass is 292 g/mol. The Morgan fingerprint density at radius 3 is 2.65 bits per heavy atom. The van der Waals surface area contributed by atoms with Gasteiger partial charge in [0.25, 0.3) is 0 Å². The Kier molecular flexibility index (Phi) is 5.03. The van der Waals surface area contributed by atoms with E-state index < -0.39 is 0 Å². The number of hydrogen-bond acceptors (Lipinski definition) is 4. The normalized spacial score (nSPS) is 12.8. The molecule has 1 atom stereocenters. The Balaban J connectivity index is 2.10. The van der Waals surface area contributed by atoms with Gasteiger partial charge in [0.05, 0.1) is 0 Å². The number of aromatic nitrogens is 3. The second-order valence-corrected chi connectivity index (χ2v) is 5.83. The fraction of sp³-hybridized carbons (Fsp3) is 0.429. The van der Waals surface area contributed by atoms with Crippen molar-refractivity contribution >= 4 is 11.8 Å². The standard InChI is InChI=1S/C14H20N4OS/c1-10(2)18-13(19)16-17-14(18)20-9-12(15-3)11-7-5-4-6-8-11/h4-8,10,12,15H,9H2,1-3H3,(H,16,19). The van der Waals surface area contributed by atoms with E-state index in [0.29, 0.717) is 0 Å². The molecule has 1 heterocycles. The molecule has 0 bridgehead atoms. The van der Waals surface area contributed by atoms with Crippen molar-refractivity contribution in [1.82, 2.24) is 20.1 Å². The van der Waals surface area contributed by atoms with E-state index >= 15 is 0 Å². The quantitative estimate of drug-likeness (QED) is 0.801. The van der Waals surface area contributed by atoms with Crippen molar-refractivity contribution in [1.29, 1.82) is 0 Å². The van der Waals surface area contributed by atoms with Gasteiger partial charge >= 0.3 is 5.69 Å². The first kappa shape index (κ1) is 14.9. The van der Waals surface area contributed by atoms with E-state index in [0.717, 1.165) is 10.9 Å². The first-order valence-electron chi connectivity index (χ1n) is 6.65. The summed E-state index contributed by atoms with van der Waals surface area (Å²) in [7, 11) is 1.94. The summed E-state index contributed by atoms with van der Waals surface area (Å²) in [5.74, 6) is 0.817. The Morgan fingerprint density at radius 1 is 1.35 bits per heavy atom. The van der Waals surface area contributed by atoms with Gasteiger partial charge in [-0.3, -0.25) is 4.57 Å². The number of nitrogens with one attached hydrogen (secondary N) is 2. The molecule has 0 amide bonds. The van der Waals surface area contributed by atoms with Crippen LogP contribution in [0.25, 0.3) is 0 Å². The molecule has 0 fully saturated rings. The van der Waals surface area contributed by atoms with Crippen molar-refractivity contribution in [2.45, 2.75) is 31.1 Å². The van der Waals surface area contributed by atoms with Gasteiger partial charge in [-0.25, -0.2) is 9.89 Å². The predicted octanol–water partition coefficient (Wildman–Crippen LogP) is 2.21. The van der Waals surface area contributed by atoms with Crippen molar-refractivity contribution in [2.24, 2.45) is 0 Å². The molecule has 0 spiro atoms. The molecule has 2 aromatic rings. The first-order valence-corrected chi connectivity index (χ1v) is 7.64. The van der Waals surface area contributed by atoms with Crippen molar-refractivity contribution in [3.8, 4) is 0 Å². The van der Waals surface area contributed by atoms with Gasteiger partial charge in [0, 0.05) is 17.8 Å². The summed E-state index contributed by atoms with van der Waals surface area (Å²) >= 11 is 1.58. The third-order valence-electron chi connectivity index (χ3n) is 3.12. The van der Waals surface area contributed by atoms with E-state index in [2.05, 4.69) is 27.6 Å². The van der Waals surface area contributed by atoms with Crippen LogP contribution < -0.4 is 11.0 Å². The van der Waals surface area contributed by atoms with Crippen LogP contribution in [0.2, 0.25) is 0 Å². The first-order chi connectivity index (χ1) is 9.63. The van der Waals surface area contributed by atoms with Crippen LogP contribution in [0.1, 0.15) is 31.5 Å². The molecular formula is C14H20N4OS. The van der Waals surface area contributed by atoms with Gasteiger partial charge in [0.15, 0.2) is 5.16 Å². The fourth-order valence-corrected chi connectivity index (χ4v) is 3.25. The largest absolute Gasteiger partial charge is 0.344 e. The van der Waals surface area contributed by atoms with Crippen molar-refractivity contribution < 1.29 is 0 Å². The van der Waals surface area contributed by atoms with Crippen LogP contribution in [0.15, 0.2) is 40.3 Å². The molecular weight excluding hydrogens is 272 g/mol. The summed E-state index contributed by atoms with van der Waals surface area (Å²) < 4.78 is 1.68. The number of thioether (sulfide) groups is 1. The molecule has 0 saturated carbocycles. The maximum atomic E-state index is 11.7. The maximum absolute atomic E-state index is 11.7. The highest BCUT2D eigenvalue weighted by Gasteiger charge is 2.15. The van der Waals surface area contributed by atoms with E-state index in [9.17, 15) is 4.79 Å². The Bertz CT molecular complexity index is 591. The zero-order valence-electron chi connectivity index (χ0n) is 12.0. The molecule has 2 N–H and O–H groups in total. The minimum absolute atomic E-state index is 0.105. The van der Waals surface area contributed by atoms with E-state index in [1.54, 1.807) is 16.3 Å². The highest BCUT2D eigenvalue weighted by atomic mass is 32.2. The van der Waals surface area contributed by atoms with Gasteiger partial charge in [0.1, 0.15) is 0 Å². The molecule has 108 valence electrons. The molecule has 0 radical (unpaired) electrons. The SMILES string of the molecule is CNC(CSc1n[nH]c(=O)n1C(C)C)c1ccccc1. The summed E-state index contributed by atoms with van der Waals surface area (Å²) in [6.45, 7) is 3.96. The van der Waals surface area contributed by atoms with Crippen LogP contribution in [-0.2, 0) is 0 Å². The second-order valence-electron chi connectivity index (χ2n) is 4.84. The number of aromatic amines is 1. The molecule has 6 heteroatoms. The van der Waals surface area contributed by atoms with Gasteiger partial charge < -0.3 is 5.32 Å². The van der Waals surface area contributed by atoms with Crippen LogP contribution in [0.5, 0.6) is 0 Å². The smallest absolute Gasteiger partial charge is 0.312 e. The van der Waals surface area contributed by atoms with E-state index in [-0.39, 0.29) is 17.8 Å². The third kappa shape index (κ3) is 3.32. The molecule has 20 heavy (non-hydrogen) atoms. The lowest BCUT2D eigenvalue weighted by molar-refractivity contribution is 0.533. The lowest BCUT2D eigenvalue weighted by Crippen LogP contribution is -2.21. The average molecular weight is 292 g/mol. The maximum Gasteiger partial charge on any atom is 0.344 e. The number of benzene rings is 1. The number of rotatable bonds is 6. The molecule has 1 aromatic heterocycles. The van der Waals surface area contributed by atoms with E-state index in [1.165, 1.54) is 5.56 Å². The van der Waals surface area contributed by atoms with Gasteiger partial charge in [0.2, 0.25) is 0 Å². The van der Waals surface area contributed by atoms with E-state index in [4.69, 9.17) is 0 Å². The van der Waals surface area contributed by atoms with Crippen LogP contribution in [-0.4, -0.2) is 27.6 Å². The van der Waals surface area contributed by atoms with Gasteiger partial charge in [-0.15, -0.1) is 5.10 Å². The zero-order chi connectivity index (χ0) is 14.5. The average Bonchev–Trinajstić information content (AvgIpc) is 2.82. The molecule has 2 rings (SSSR count).